The minimum absolute atomic E-state index is 0.948. The van der Waals surface area contributed by atoms with Crippen LogP contribution in [0.5, 0.6) is 0 Å². The van der Waals surface area contributed by atoms with Gasteiger partial charge in [-0.2, -0.15) is 0 Å². The maximum absolute atomic E-state index is 4.97. The van der Waals surface area contributed by atoms with Crippen LogP contribution in [-0.2, 0) is 0 Å². The summed E-state index contributed by atoms with van der Waals surface area (Å²) in [5, 5.41) is 21.1. The molecule has 11 aromatic carbocycles. The van der Waals surface area contributed by atoms with Crippen molar-refractivity contribution in [2.24, 2.45) is 4.99 Å². The summed E-state index contributed by atoms with van der Waals surface area (Å²) in [5.74, 6) is 0. The van der Waals surface area contributed by atoms with Gasteiger partial charge in [0, 0.05) is 17.5 Å². The van der Waals surface area contributed by atoms with Crippen LogP contribution in [0, 0.1) is 0 Å². The molecule has 0 aromatic heterocycles. The van der Waals surface area contributed by atoms with Crippen molar-refractivity contribution in [1.29, 1.82) is 0 Å². The van der Waals surface area contributed by atoms with E-state index in [0.29, 0.717) is 0 Å². The first-order chi connectivity index (χ1) is 25.8. The molecule has 240 valence electrons. The quantitative estimate of drug-likeness (QED) is 0.168. The van der Waals surface area contributed by atoms with Gasteiger partial charge in [-0.3, -0.25) is 4.99 Å². The third kappa shape index (κ3) is 3.65. The van der Waals surface area contributed by atoms with E-state index in [1.807, 2.05) is 6.20 Å². The zero-order valence-corrected chi connectivity index (χ0v) is 28.4. The summed E-state index contributed by atoms with van der Waals surface area (Å²) in [6, 6.07) is 56.9. The molecule has 12 rings (SSSR count). The monoisotopic (exact) mass is 657 g/mol. The molecule has 1 heteroatoms. The van der Waals surface area contributed by atoms with E-state index >= 15 is 0 Å². The average Bonchev–Trinajstić information content (AvgIpc) is 3.72. The molecule has 1 aliphatic rings. The topological polar surface area (TPSA) is 12.4 Å². The van der Waals surface area contributed by atoms with Gasteiger partial charge >= 0.3 is 0 Å². The lowest BCUT2D eigenvalue weighted by atomic mass is 9.84. The van der Waals surface area contributed by atoms with Crippen LogP contribution in [0.3, 0.4) is 0 Å². The Kier molecular flexibility index (Phi) is 5.67. The fourth-order valence-corrected chi connectivity index (χ4v) is 9.78. The standard InChI is InChI=1S/C51H31N/c1-3-14-30(15-4-1)44-42-29-40-35-21-10-9-20-34(35)36-22-13-23-38(46(36)40)48(42)45(31-16-5-2-6-17-31)51-41-28-32-18-7-8-19-33(32)47-37(43-24-11-12-27-52-43)25-26-39(49(41)47)50(44)51/h1-10,12-23,25-29H,11,24H2. The van der Waals surface area contributed by atoms with Gasteiger partial charge in [-0.1, -0.05) is 146 Å². The van der Waals surface area contributed by atoms with Crippen LogP contribution < -0.4 is 0 Å². The molecule has 1 nitrogen and oxygen atoms in total. The summed E-state index contributed by atoms with van der Waals surface area (Å²) < 4.78 is 0. The van der Waals surface area contributed by atoms with E-state index in [0.717, 1.165) is 12.8 Å². The Labute approximate surface area is 300 Å². The van der Waals surface area contributed by atoms with Gasteiger partial charge in [0.15, 0.2) is 0 Å². The number of nitrogens with zero attached hydrogens (tertiary/aromatic N) is 1. The predicted octanol–water partition coefficient (Wildman–Crippen LogP) is 14.2. The molecule has 0 bridgehead atoms. The van der Waals surface area contributed by atoms with E-state index in [-0.39, 0.29) is 0 Å². The molecule has 0 saturated carbocycles. The molecule has 1 aliphatic heterocycles. The Hall–Kier alpha value is -6.57. The molecule has 0 fully saturated rings. The van der Waals surface area contributed by atoms with Crippen molar-refractivity contribution in [2.75, 3.05) is 0 Å². The van der Waals surface area contributed by atoms with Crippen molar-refractivity contribution >= 4 is 91.9 Å². The van der Waals surface area contributed by atoms with Gasteiger partial charge in [-0.05, 0) is 133 Å². The lowest BCUT2D eigenvalue weighted by Crippen LogP contribution is -2.03. The van der Waals surface area contributed by atoms with Gasteiger partial charge < -0.3 is 0 Å². The first kappa shape index (κ1) is 28.2. The number of benzene rings is 9. The Morgan fingerprint density at radius 3 is 1.77 bits per heavy atom. The summed E-state index contributed by atoms with van der Waals surface area (Å²) in [6.07, 6.45) is 6.13. The highest BCUT2D eigenvalue weighted by Crippen LogP contribution is 2.55. The molecule has 0 atom stereocenters. The Bertz CT molecular complexity index is 3310. The normalized spacial score (nSPS) is 13.7. The third-order valence-electron chi connectivity index (χ3n) is 11.8. The number of hydrogen-bond donors (Lipinski definition) is 0. The minimum Gasteiger partial charge on any atom is -0.261 e. The van der Waals surface area contributed by atoms with Crippen LogP contribution >= 0.6 is 0 Å². The molecule has 11 aromatic rings. The van der Waals surface area contributed by atoms with Gasteiger partial charge in [0.1, 0.15) is 0 Å². The molecular weight excluding hydrogens is 627 g/mol. The zero-order chi connectivity index (χ0) is 33.9. The van der Waals surface area contributed by atoms with E-state index < -0.39 is 0 Å². The second-order valence-corrected chi connectivity index (χ2v) is 14.4. The minimum atomic E-state index is 0.948. The van der Waals surface area contributed by atoms with Gasteiger partial charge in [-0.25, -0.2) is 0 Å². The smallest absolute Gasteiger partial charge is 0.0485 e. The van der Waals surface area contributed by atoms with Crippen molar-refractivity contribution in [3.63, 3.8) is 0 Å². The van der Waals surface area contributed by atoms with Crippen molar-refractivity contribution < 1.29 is 0 Å². The number of aliphatic imine (C=N–C) groups is 1. The Morgan fingerprint density at radius 2 is 1.00 bits per heavy atom. The maximum atomic E-state index is 4.97. The van der Waals surface area contributed by atoms with Crippen LogP contribution in [0.2, 0.25) is 0 Å². The Morgan fingerprint density at radius 1 is 0.365 bits per heavy atom. The molecule has 52 heavy (non-hydrogen) atoms. The van der Waals surface area contributed by atoms with Gasteiger partial charge in [0.25, 0.3) is 0 Å². The van der Waals surface area contributed by atoms with Crippen LogP contribution in [0.1, 0.15) is 18.4 Å². The fourth-order valence-electron chi connectivity index (χ4n) is 9.78. The highest BCUT2D eigenvalue weighted by atomic mass is 14.7. The van der Waals surface area contributed by atoms with Gasteiger partial charge in [-0.15, -0.1) is 0 Å². The molecule has 0 aliphatic carbocycles. The molecule has 0 unspecified atom stereocenters. The van der Waals surface area contributed by atoms with Crippen LogP contribution in [0.15, 0.2) is 169 Å². The zero-order valence-electron chi connectivity index (χ0n) is 28.4. The molecular formula is C51H31N. The highest BCUT2D eigenvalue weighted by molar-refractivity contribution is 6.46. The molecule has 0 spiro atoms. The van der Waals surface area contributed by atoms with E-state index in [2.05, 4.69) is 158 Å². The van der Waals surface area contributed by atoms with E-state index in [4.69, 9.17) is 4.99 Å². The van der Waals surface area contributed by atoms with E-state index in [9.17, 15) is 0 Å². The van der Waals surface area contributed by atoms with Crippen molar-refractivity contribution in [3.8, 4) is 22.3 Å². The summed E-state index contributed by atoms with van der Waals surface area (Å²) in [4.78, 5) is 4.97. The Balaban J connectivity index is 1.43. The number of allylic oxidation sites excluding steroid dienone is 1. The maximum Gasteiger partial charge on any atom is 0.0485 e. The average molecular weight is 658 g/mol. The summed E-state index contributed by atoms with van der Waals surface area (Å²) in [7, 11) is 0. The van der Waals surface area contributed by atoms with E-state index in [1.165, 1.54) is 120 Å². The second kappa shape index (κ2) is 10.5. The van der Waals surface area contributed by atoms with Crippen LogP contribution in [-0.4, -0.2) is 5.71 Å². The SMILES string of the molecule is C1=CN=C(c2ccc3c4c(-c5ccccc5)c5cc6c7ccccc7c7cccc(c5c(-c5ccccc5)c4c4cc5ccccc5c2c34)c76)CC1. The summed E-state index contributed by atoms with van der Waals surface area (Å²) in [6.45, 7) is 0. The molecule has 0 saturated heterocycles. The van der Waals surface area contributed by atoms with Crippen LogP contribution in [0.4, 0.5) is 0 Å². The number of rotatable bonds is 3. The second-order valence-electron chi connectivity index (χ2n) is 14.4. The first-order valence-corrected chi connectivity index (χ1v) is 18.4. The van der Waals surface area contributed by atoms with Crippen LogP contribution in [0.25, 0.3) is 108 Å². The van der Waals surface area contributed by atoms with E-state index in [1.54, 1.807) is 0 Å². The van der Waals surface area contributed by atoms with Crippen molar-refractivity contribution in [2.45, 2.75) is 12.8 Å². The largest absolute Gasteiger partial charge is 0.261 e. The number of hydrogen-bond acceptors (Lipinski definition) is 1. The first-order valence-electron chi connectivity index (χ1n) is 18.4. The molecule has 0 N–H and O–H groups in total. The summed E-state index contributed by atoms with van der Waals surface area (Å²) >= 11 is 0. The van der Waals surface area contributed by atoms with Crippen molar-refractivity contribution in [3.05, 3.63) is 169 Å². The third-order valence-corrected chi connectivity index (χ3v) is 11.8. The molecule has 1 heterocycles. The lowest BCUT2D eigenvalue weighted by molar-refractivity contribution is 1.06. The summed E-state index contributed by atoms with van der Waals surface area (Å²) in [5.41, 5.74) is 7.55. The van der Waals surface area contributed by atoms with Crippen molar-refractivity contribution in [1.82, 2.24) is 0 Å². The highest BCUT2D eigenvalue weighted by Gasteiger charge is 2.28. The fraction of sp³-hybridized carbons (Fsp3) is 0.0392. The number of fused-ring (bicyclic) bond motifs is 10. The van der Waals surface area contributed by atoms with Gasteiger partial charge in [0.2, 0.25) is 0 Å². The lowest BCUT2D eigenvalue weighted by Gasteiger charge is -2.19. The van der Waals surface area contributed by atoms with Gasteiger partial charge in [0.05, 0.1) is 0 Å². The predicted molar refractivity (Wildman–Crippen MR) is 225 cm³/mol. The molecule has 0 radical (unpaired) electrons. The molecule has 0 amide bonds.